The molecule has 2 unspecified atom stereocenters. The lowest BCUT2D eigenvalue weighted by atomic mass is 9.70. The van der Waals surface area contributed by atoms with Crippen LogP contribution in [0.25, 0.3) is 0 Å². The minimum atomic E-state index is -3.62. The third-order valence-electron chi connectivity index (χ3n) is 4.49. The maximum atomic E-state index is 11.4. The van der Waals surface area contributed by atoms with Gasteiger partial charge in [-0.15, -0.1) is 0 Å². The lowest BCUT2D eigenvalue weighted by molar-refractivity contribution is 0.148. The molecule has 0 spiro atoms. The van der Waals surface area contributed by atoms with Crippen LogP contribution in [0.3, 0.4) is 0 Å². The summed E-state index contributed by atoms with van der Waals surface area (Å²) in [5.41, 5.74) is 1.39. The van der Waals surface area contributed by atoms with Crippen molar-refractivity contribution in [2.75, 3.05) is 0 Å². The summed E-state index contributed by atoms with van der Waals surface area (Å²) in [5, 5.41) is 8.74. The molecule has 1 fully saturated rings. The van der Waals surface area contributed by atoms with Crippen molar-refractivity contribution < 1.29 is 8.42 Å². The molecular formula is C16H26N2O2S. The fraction of sp³-hybridized carbons (Fsp3) is 0.625. The number of rotatable bonds is 4. The van der Waals surface area contributed by atoms with Crippen molar-refractivity contribution in [1.82, 2.24) is 5.32 Å². The molecule has 118 valence electrons. The molecule has 0 bridgehead atoms. The van der Waals surface area contributed by atoms with Gasteiger partial charge in [0, 0.05) is 12.6 Å². The van der Waals surface area contributed by atoms with E-state index in [4.69, 9.17) is 5.14 Å². The van der Waals surface area contributed by atoms with Gasteiger partial charge in [-0.3, -0.25) is 0 Å². The average molecular weight is 310 g/mol. The number of primary sulfonamides is 1. The van der Waals surface area contributed by atoms with Gasteiger partial charge in [0.1, 0.15) is 0 Å². The first-order valence-electron chi connectivity index (χ1n) is 7.52. The Morgan fingerprint density at radius 2 is 2.10 bits per heavy atom. The second-order valence-electron chi connectivity index (χ2n) is 7.06. The van der Waals surface area contributed by atoms with Gasteiger partial charge in [-0.05, 0) is 48.3 Å². The van der Waals surface area contributed by atoms with Gasteiger partial charge in [-0.25, -0.2) is 13.6 Å². The smallest absolute Gasteiger partial charge is 0.238 e. The highest BCUT2D eigenvalue weighted by Gasteiger charge is 2.31. The van der Waals surface area contributed by atoms with Crippen molar-refractivity contribution in [2.24, 2.45) is 16.5 Å². The molecule has 5 heteroatoms. The Labute approximate surface area is 128 Å². The van der Waals surface area contributed by atoms with Gasteiger partial charge >= 0.3 is 0 Å². The molecule has 1 aliphatic carbocycles. The first kappa shape index (κ1) is 16.5. The maximum absolute atomic E-state index is 11.4. The fourth-order valence-corrected chi connectivity index (χ4v) is 3.92. The maximum Gasteiger partial charge on any atom is 0.238 e. The monoisotopic (exact) mass is 310 g/mol. The van der Waals surface area contributed by atoms with Crippen molar-refractivity contribution in [2.45, 2.75) is 57.5 Å². The minimum absolute atomic E-state index is 0.180. The van der Waals surface area contributed by atoms with Crippen LogP contribution >= 0.6 is 0 Å². The molecule has 1 aromatic carbocycles. The first-order chi connectivity index (χ1) is 9.67. The summed E-state index contributed by atoms with van der Waals surface area (Å²) in [6.45, 7) is 7.63. The number of hydrogen-bond donors (Lipinski definition) is 2. The second kappa shape index (κ2) is 6.07. The number of hydrogen-bond acceptors (Lipinski definition) is 3. The quantitative estimate of drug-likeness (QED) is 0.898. The first-order valence-corrected chi connectivity index (χ1v) is 9.07. The van der Waals surface area contributed by atoms with Crippen molar-refractivity contribution in [1.29, 1.82) is 0 Å². The van der Waals surface area contributed by atoms with E-state index in [1.165, 1.54) is 25.3 Å². The molecule has 0 heterocycles. The predicted molar refractivity (Wildman–Crippen MR) is 85.2 cm³/mol. The molecule has 0 radical (unpaired) electrons. The zero-order chi connectivity index (χ0) is 15.7. The molecule has 3 N–H and O–H groups in total. The minimum Gasteiger partial charge on any atom is -0.310 e. The highest BCUT2D eigenvalue weighted by molar-refractivity contribution is 7.89. The zero-order valence-corrected chi connectivity index (χ0v) is 13.9. The summed E-state index contributed by atoms with van der Waals surface area (Å²) in [4.78, 5) is 0.180. The van der Waals surface area contributed by atoms with Gasteiger partial charge < -0.3 is 5.32 Å². The van der Waals surface area contributed by atoms with E-state index in [9.17, 15) is 8.42 Å². The molecule has 1 aliphatic rings. The molecule has 0 saturated heterocycles. The Hall–Kier alpha value is -0.910. The number of benzene rings is 1. The summed E-state index contributed by atoms with van der Waals surface area (Å²) < 4.78 is 22.7. The third kappa shape index (κ3) is 4.53. The van der Waals surface area contributed by atoms with E-state index >= 15 is 0 Å². The van der Waals surface area contributed by atoms with Crippen LogP contribution < -0.4 is 10.5 Å². The van der Waals surface area contributed by atoms with Gasteiger partial charge in [0.05, 0.1) is 4.90 Å². The summed E-state index contributed by atoms with van der Waals surface area (Å²) in [5.74, 6) is 0.634. The zero-order valence-electron chi connectivity index (χ0n) is 13.1. The summed E-state index contributed by atoms with van der Waals surface area (Å²) in [7, 11) is -3.62. The highest BCUT2D eigenvalue weighted by atomic mass is 32.2. The number of sulfonamides is 1. The van der Waals surface area contributed by atoms with E-state index in [2.05, 4.69) is 26.1 Å². The Balaban J connectivity index is 1.98. The highest BCUT2D eigenvalue weighted by Crippen LogP contribution is 2.38. The van der Waals surface area contributed by atoms with E-state index in [-0.39, 0.29) is 4.90 Å². The molecule has 1 aromatic rings. The van der Waals surface area contributed by atoms with E-state index < -0.39 is 10.0 Å². The van der Waals surface area contributed by atoms with E-state index in [1.54, 1.807) is 12.1 Å². The Morgan fingerprint density at radius 1 is 1.38 bits per heavy atom. The van der Waals surface area contributed by atoms with Crippen LogP contribution in [0.15, 0.2) is 29.2 Å². The Kier molecular flexibility index (Phi) is 4.76. The van der Waals surface area contributed by atoms with Crippen LogP contribution in [-0.4, -0.2) is 14.5 Å². The molecule has 2 atom stereocenters. The lowest BCUT2D eigenvalue weighted by Crippen LogP contribution is -2.41. The molecule has 2 rings (SSSR count). The Bertz CT molecular complexity index is 596. The van der Waals surface area contributed by atoms with Gasteiger partial charge in [0.2, 0.25) is 10.0 Å². The number of nitrogens with two attached hydrogens (primary N) is 1. The second-order valence-corrected chi connectivity index (χ2v) is 8.63. The van der Waals surface area contributed by atoms with E-state index in [0.29, 0.717) is 23.9 Å². The third-order valence-corrected chi connectivity index (χ3v) is 5.40. The molecule has 1 saturated carbocycles. The largest absolute Gasteiger partial charge is 0.310 e. The lowest BCUT2D eigenvalue weighted by Gasteiger charge is -2.39. The van der Waals surface area contributed by atoms with E-state index in [0.717, 1.165) is 5.56 Å². The SMILES string of the molecule is CC1CC(C)(C)CCC1NCc1cccc(S(N)(=O)=O)c1. The molecule has 0 aromatic heterocycles. The predicted octanol–water partition coefficient (Wildman–Crippen LogP) is 2.64. The van der Waals surface area contributed by atoms with Gasteiger partial charge in [-0.1, -0.05) is 32.9 Å². The Morgan fingerprint density at radius 3 is 2.71 bits per heavy atom. The number of nitrogens with one attached hydrogen (secondary N) is 1. The van der Waals surface area contributed by atoms with Crippen LogP contribution in [0.4, 0.5) is 0 Å². The molecule has 4 nitrogen and oxygen atoms in total. The van der Waals surface area contributed by atoms with Gasteiger partial charge in [0.25, 0.3) is 0 Å². The normalized spacial score (nSPS) is 25.7. The van der Waals surface area contributed by atoms with Gasteiger partial charge in [0.15, 0.2) is 0 Å². The van der Waals surface area contributed by atoms with Crippen LogP contribution in [0, 0.1) is 11.3 Å². The van der Waals surface area contributed by atoms with Crippen molar-refractivity contribution >= 4 is 10.0 Å². The summed E-state index contributed by atoms with van der Waals surface area (Å²) in [6, 6.07) is 7.35. The molecule has 0 amide bonds. The summed E-state index contributed by atoms with van der Waals surface area (Å²) >= 11 is 0. The fourth-order valence-electron chi connectivity index (χ4n) is 3.33. The molecular weight excluding hydrogens is 284 g/mol. The van der Waals surface area contributed by atoms with Crippen molar-refractivity contribution in [3.63, 3.8) is 0 Å². The van der Waals surface area contributed by atoms with Crippen LogP contribution in [0.1, 0.15) is 45.6 Å². The van der Waals surface area contributed by atoms with E-state index in [1.807, 2.05) is 6.07 Å². The molecule has 21 heavy (non-hydrogen) atoms. The topological polar surface area (TPSA) is 72.2 Å². The average Bonchev–Trinajstić information content (AvgIpc) is 2.36. The van der Waals surface area contributed by atoms with Crippen molar-refractivity contribution in [3.8, 4) is 0 Å². The van der Waals surface area contributed by atoms with Crippen molar-refractivity contribution in [3.05, 3.63) is 29.8 Å². The van der Waals surface area contributed by atoms with Crippen LogP contribution in [0.2, 0.25) is 0 Å². The summed E-state index contributed by atoms with van der Waals surface area (Å²) in [6.07, 6.45) is 3.62. The standard InChI is InChI=1S/C16H26N2O2S/c1-12-10-16(2,3)8-7-15(12)18-11-13-5-4-6-14(9-13)21(17,19)20/h4-6,9,12,15,18H,7-8,10-11H2,1-3H3,(H2,17,19,20). The van der Waals surface area contributed by atoms with Crippen LogP contribution in [0.5, 0.6) is 0 Å². The molecule has 0 aliphatic heterocycles. The van der Waals surface area contributed by atoms with Crippen LogP contribution in [-0.2, 0) is 16.6 Å². The van der Waals surface area contributed by atoms with Gasteiger partial charge in [-0.2, -0.15) is 0 Å².